The first-order valence-electron chi connectivity index (χ1n) is 31.1. The molecular weight excluding hydrogens is 1040 g/mol. The van der Waals surface area contributed by atoms with E-state index in [0.29, 0.717) is 84.9 Å². The van der Waals surface area contributed by atoms with Gasteiger partial charge in [0, 0.05) is 91.7 Å². The van der Waals surface area contributed by atoms with Gasteiger partial charge in [0.15, 0.2) is 0 Å². The van der Waals surface area contributed by atoms with Gasteiger partial charge in [-0.25, -0.2) is 8.42 Å². The van der Waals surface area contributed by atoms with Gasteiger partial charge in [-0.1, -0.05) is 52.5 Å². The molecule has 81 heavy (non-hydrogen) atoms. The van der Waals surface area contributed by atoms with Crippen LogP contribution in [0.25, 0.3) is 28.2 Å². The van der Waals surface area contributed by atoms with E-state index in [4.69, 9.17) is 9.47 Å². The van der Waals surface area contributed by atoms with Crippen molar-refractivity contribution in [2.24, 2.45) is 23.2 Å². The van der Waals surface area contributed by atoms with Crippen molar-refractivity contribution in [3.63, 3.8) is 0 Å². The summed E-state index contributed by atoms with van der Waals surface area (Å²) in [5, 5.41) is 13.5. The number of benzene rings is 1. The third kappa shape index (κ3) is 10.7. The molecule has 4 aliphatic heterocycles. The number of ether oxygens (including phenoxy) is 2. The molecule has 3 saturated carbocycles. The molecule has 3 aliphatic carbocycles. The second-order valence-electron chi connectivity index (χ2n) is 27.2. The molecule has 1 spiro atoms. The Labute approximate surface area is 480 Å². The normalized spacial score (nSPS) is 24.4. The van der Waals surface area contributed by atoms with Crippen LogP contribution in [0.15, 0.2) is 59.6 Å². The molecular formula is C66H88N6O8S. The van der Waals surface area contributed by atoms with Crippen LogP contribution in [0.4, 0.5) is 0 Å². The van der Waals surface area contributed by atoms with Gasteiger partial charge in [0.1, 0.15) is 10.6 Å². The quantitative estimate of drug-likeness (QED) is 0.118. The number of piperidine rings is 2. The molecule has 5 aromatic rings. The number of carboxylic acids is 1. The third-order valence-electron chi connectivity index (χ3n) is 20.8. The van der Waals surface area contributed by atoms with Crippen molar-refractivity contribution in [2.45, 2.75) is 204 Å². The van der Waals surface area contributed by atoms with Crippen molar-refractivity contribution >= 4 is 33.3 Å². The molecule has 0 bridgehead atoms. The number of hydrogen-bond donors (Lipinski definition) is 2. The summed E-state index contributed by atoms with van der Waals surface area (Å²) in [5.74, 6) is 1.39. The highest BCUT2D eigenvalue weighted by Gasteiger charge is 2.49. The minimum Gasteiger partial charge on any atom is -0.493 e. The SMILES string of the molecule is Cc1c(C(=O)N2CCC(C)(C(=O)O)CC2)cc(-c2cc(C(C)(C)C)c3c(c2)C2(CCO3)CC2)n1CC1CCC(C2CC(NC(=O)c3cc(-c4cc(S(=O)(=O)N5CCCCC5)c5ccccn45)n(CC4CCCCC4)c3C)CCO2)CC1. The Bertz CT molecular complexity index is 3290. The lowest BCUT2D eigenvalue weighted by Crippen LogP contribution is -2.45. The standard InChI is InChI=1S/C66H88N6O8S/c1-43-50(38-56(72(43)41-45-15-9-7-10-16-45)57-40-59(54-17-11-14-30-70(54)57)81(77,78)69-28-12-8-13-29-69)61(73)67-49-22-33-79-58(37-49)47-20-18-46(19-21-47)42-71-44(2)51(62(74)68-31-25-65(6,26-32-68)63(75)76)39-55(71)48-35-52(64(3,4)5)60-53(36-48)66(23-24-66)27-34-80-60/h11,14,17,30,35-36,38-40,45-47,49,58H,7-10,12-13,15-16,18-29,31-34,37,41-42H2,1-6H3,(H,67,73)(H,75,76). The third-order valence-corrected chi connectivity index (χ3v) is 22.8. The largest absolute Gasteiger partial charge is 0.493 e. The van der Waals surface area contributed by atoms with Gasteiger partial charge in [-0.2, -0.15) is 4.31 Å². The number of likely N-dealkylation sites (tertiary alicyclic amines) is 1. The Morgan fingerprint density at radius 2 is 1.40 bits per heavy atom. The van der Waals surface area contributed by atoms with E-state index in [1.165, 1.54) is 43.2 Å². The highest BCUT2D eigenvalue weighted by Crippen LogP contribution is 2.58. The molecule has 2 atom stereocenters. The van der Waals surface area contributed by atoms with E-state index >= 15 is 0 Å². The molecule has 2 unspecified atom stereocenters. The number of aromatic nitrogens is 3. The summed E-state index contributed by atoms with van der Waals surface area (Å²) >= 11 is 0. The zero-order valence-corrected chi connectivity index (χ0v) is 49.9. The smallest absolute Gasteiger partial charge is 0.309 e. The number of carbonyl (C=O) groups excluding carboxylic acids is 2. The van der Waals surface area contributed by atoms with Gasteiger partial charge in [0.05, 0.1) is 46.2 Å². The van der Waals surface area contributed by atoms with Gasteiger partial charge in [-0.05, 0) is 188 Å². The number of sulfonamides is 1. The summed E-state index contributed by atoms with van der Waals surface area (Å²) < 4.78 is 50.2. The van der Waals surface area contributed by atoms with Crippen molar-refractivity contribution in [1.29, 1.82) is 0 Å². The second-order valence-corrected chi connectivity index (χ2v) is 29.1. The zero-order valence-electron chi connectivity index (χ0n) is 49.1. The highest BCUT2D eigenvalue weighted by atomic mass is 32.2. The molecule has 436 valence electrons. The lowest BCUT2D eigenvalue weighted by molar-refractivity contribution is -0.150. The van der Waals surface area contributed by atoms with E-state index in [2.05, 4.69) is 67.3 Å². The number of pyridine rings is 1. The number of fused-ring (bicyclic) bond motifs is 3. The molecule has 0 radical (unpaired) electrons. The molecule has 4 aromatic heterocycles. The van der Waals surface area contributed by atoms with Crippen molar-refractivity contribution in [3.8, 4) is 28.4 Å². The summed E-state index contributed by atoms with van der Waals surface area (Å²) in [6, 6.07) is 16.4. The summed E-state index contributed by atoms with van der Waals surface area (Å²) in [7, 11) is -3.74. The fourth-order valence-corrected chi connectivity index (χ4v) is 16.9. The van der Waals surface area contributed by atoms with Crippen molar-refractivity contribution < 1.29 is 37.4 Å². The molecule has 14 nitrogen and oxygen atoms in total. The first-order valence-corrected chi connectivity index (χ1v) is 32.5. The average Bonchev–Trinajstić information content (AvgIpc) is 3.87. The van der Waals surface area contributed by atoms with Crippen LogP contribution in [-0.2, 0) is 43.5 Å². The van der Waals surface area contributed by atoms with Gasteiger partial charge in [-0.15, -0.1) is 0 Å². The van der Waals surface area contributed by atoms with E-state index in [-0.39, 0.29) is 34.8 Å². The van der Waals surface area contributed by atoms with Crippen LogP contribution >= 0.6 is 0 Å². The average molecular weight is 1130 g/mol. The van der Waals surface area contributed by atoms with Crippen LogP contribution in [0.1, 0.15) is 193 Å². The van der Waals surface area contributed by atoms with Crippen LogP contribution in [0.2, 0.25) is 0 Å². The number of rotatable bonds is 13. The highest BCUT2D eigenvalue weighted by molar-refractivity contribution is 7.89. The van der Waals surface area contributed by atoms with Crippen LogP contribution in [0.3, 0.4) is 0 Å². The zero-order chi connectivity index (χ0) is 56.6. The Hall–Kier alpha value is -5.38. The van der Waals surface area contributed by atoms with E-state index < -0.39 is 21.4 Å². The van der Waals surface area contributed by atoms with E-state index in [1.54, 1.807) is 11.2 Å². The number of nitrogens with zero attached hydrogens (tertiary/aromatic N) is 5. The predicted octanol–water partition coefficient (Wildman–Crippen LogP) is 12.5. The molecule has 2 amide bonds. The summed E-state index contributed by atoms with van der Waals surface area (Å²) in [6.45, 7) is 17.6. The van der Waals surface area contributed by atoms with E-state index in [1.807, 2.05) is 45.8 Å². The number of nitrogens with one attached hydrogen (secondary N) is 1. The summed E-state index contributed by atoms with van der Waals surface area (Å²) in [5.41, 5.74) is 9.44. The maximum atomic E-state index is 14.7. The topological polar surface area (TPSA) is 157 Å². The van der Waals surface area contributed by atoms with Gasteiger partial charge in [-0.3, -0.25) is 14.4 Å². The van der Waals surface area contributed by atoms with Crippen molar-refractivity contribution in [3.05, 3.63) is 88.4 Å². The van der Waals surface area contributed by atoms with E-state index in [9.17, 15) is 27.9 Å². The number of hydrogen-bond acceptors (Lipinski definition) is 7. The Balaban J connectivity index is 0.768. The monoisotopic (exact) mass is 1120 g/mol. The molecule has 15 heteroatoms. The van der Waals surface area contributed by atoms with Crippen molar-refractivity contribution in [1.82, 2.24) is 28.1 Å². The number of aliphatic carboxylic acids is 1. The maximum Gasteiger partial charge on any atom is 0.309 e. The van der Waals surface area contributed by atoms with Gasteiger partial charge in [0.25, 0.3) is 11.8 Å². The lowest BCUT2D eigenvalue weighted by atomic mass is 9.77. The van der Waals surface area contributed by atoms with Crippen LogP contribution in [0.5, 0.6) is 5.75 Å². The maximum absolute atomic E-state index is 14.7. The molecule has 1 aromatic carbocycles. The van der Waals surface area contributed by atoms with E-state index in [0.717, 1.165) is 137 Å². The molecule has 8 heterocycles. The minimum atomic E-state index is -3.74. The summed E-state index contributed by atoms with van der Waals surface area (Å²) in [6.07, 6.45) is 20.5. The minimum absolute atomic E-state index is 0.0206. The predicted molar refractivity (Wildman–Crippen MR) is 316 cm³/mol. The van der Waals surface area contributed by atoms with Crippen LogP contribution in [-0.4, -0.2) is 106 Å². The number of carboxylic acid groups (broad SMARTS) is 1. The molecule has 3 saturated heterocycles. The molecule has 12 rings (SSSR count). The number of carbonyl (C=O) groups is 3. The molecule has 7 aliphatic rings. The van der Waals surface area contributed by atoms with Gasteiger partial charge >= 0.3 is 5.97 Å². The fraction of sp³-hybridized carbons (Fsp3) is 0.621. The number of amides is 2. The first-order chi connectivity index (χ1) is 38.8. The lowest BCUT2D eigenvalue weighted by Gasteiger charge is -2.38. The summed E-state index contributed by atoms with van der Waals surface area (Å²) in [4.78, 5) is 43.7. The fourth-order valence-electron chi connectivity index (χ4n) is 15.2. The Kier molecular flexibility index (Phi) is 15.2. The molecule has 6 fully saturated rings. The molecule has 2 N–H and O–H groups in total. The van der Waals surface area contributed by atoms with Gasteiger partial charge in [0.2, 0.25) is 10.0 Å². The van der Waals surface area contributed by atoms with Crippen LogP contribution < -0.4 is 10.1 Å². The Morgan fingerprint density at radius 1 is 0.728 bits per heavy atom. The Morgan fingerprint density at radius 3 is 2.09 bits per heavy atom. The second kappa shape index (κ2) is 22.0. The van der Waals surface area contributed by atoms with Crippen LogP contribution in [0, 0.1) is 37.0 Å². The van der Waals surface area contributed by atoms with Gasteiger partial charge < -0.3 is 38.3 Å². The van der Waals surface area contributed by atoms with Crippen molar-refractivity contribution in [2.75, 3.05) is 39.4 Å². The first kappa shape index (κ1) is 56.1.